The summed E-state index contributed by atoms with van der Waals surface area (Å²) in [5.41, 5.74) is 0.246. The highest BCUT2D eigenvalue weighted by Gasteiger charge is 2.33. The first-order chi connectivity index (χ1) is 8.64. The van der Waals surface area contributed by atoms with Crippen molar-refractivity contribution in [3.8, 4) is 11.5 Å². The van der Waals surface area contributed by atoms with Crippen LogP contribution in [0.5, 0.6) is 0 Å². The zero-order chi connectivity index (χ0) is 12.6. The Balaban J connectivity index is 1.83. The Hall–Kier alpha value is -1.88. The van der Waals surface area contributed by atoms with Crippen molar-refractivity contribution in [3.63, 3.8) is 0 Å². The van der Waals surface area contributed by atoms with Crippen LogP contribution in [-0.4, -0.2) is 33.9 Å². The molecule has 3 rings (SSSR count). The molecule has 0 spiro atoms. The number of hydrogen-bond donors (Lipinski definition) is 1. The molecule has 0 amide bonds. The topological polar surface area (TPSA) is 62.4 Å². The molecular formula is C13H15N3O2. The van der Waals surface area contributed by atoms with E-state index in [1.165, 1.54) is 0 Å². The monoisotopic (exact) mass is 245 g/mol. The summed E-state index contributed by atoms with van der Waals surface area (Å²) in [6, 6.07) is 9.66. The van der Waals surface area contributed by atoms with Gasteiger partial charge in [0.05, 0.1) is 5.60 Å². The molecule has 1 aromatic carbocycles. The minimum atomic E-state index is -0.659. The van der Waals surface area contributed by atoms with E-state index in [1.807, 2.05) is 42.2 Å². The number of benzene rings is 1. The average molecular weight is 245 g/mol. The molecule has 0 radical (unpaired) electrons. The highest BCUT2D eigenvalue weighted by atomic mass is 16.5. The molecule has 1 aromatic heterocycles. The molecule has 0 aliphatic carbocycles. The highest BCUT2D eigenvalue weighted by molar-refractivity contribution is 5.54. The van der Waals surface area contributed by atoms with E-state index in [9.17, 15) is 5.11 Å². The maximum absolute atomic E-state index is 9.92. The van der Waals surface area contributed by atoms with Gasteiger partial charge in [-0.2, -0.15) is 4.98 Å². The van der Waals surface area contributed by atoms with Gasteiger partial charge in [-0.1, -0.05) is 18.2 Å². The number of rotatable bonds is 2. The van der Waals surface area contributed by atoms with Gasteiger partial charge in [0.25, 0.3) is 11.8 Å². The third kappa shape index (κ3) is 2.09. The van der Waals surface area contributed by atoms with Crippen molar-refractivity contribution in [2.75, 3.05) is 18.0 Å². The van der Waals surface area contributed by atoms with E-state index < -0.39 is 5.60 Å². The number of aromatic nitrogens is 2. The van der Waals surface area contributed by atoms with Gasteiger partial charge in [0, 0.05) is 18.7 Å². The van der Waals surface area contributed by atoms with Crippen molar-refractivity contribution in [2.45, 2.75) is 18.9 Å². The molecule has 94 valence electrons. The molecule has 5 heteroatoms. The van der Waals surface area contributed by atoms with Crippen molar-refractivity contribution < 1.29 is 9.63 Å². The van der Waals surface area contributed by atoms with E-state index in [1.54, 1.807) is 0 Å². The van der Waals surface area contributed by atoms with Crippen molar-refractivity contribution in [3.05, 3.63) is 30.3 Å². The van der Waals surface area contributed by atoms with Crippen molar-refractivity contribution in [1.82, 2.24) is 10.1 Å². The van der Waals surface area contributed by atoms with Gasteiger partial charge in [-0.05, 0) is 30.6 Å². The molecule has 2 aromatic rings. The molecule has 1 aliphatic rings. The third-order valence-electron chi connectivity index (χ3n) is 3.17. The predicted molar refractivity (Wildman–Crippen MR) is 67.2 cm³/mol. The van der Waals surface area contributed by atoms with Crippen molar-refractivity contribution >= 4 is 5.95 Å². The largest absolute Gasteiger partial charge is 0.388 e. The van der Waals surface area contributed by atoms with Crippen LogP contribution in [0.15, 0.2) is 34.9 Å². The minimum absolute atomic E-state index is 0.511. The molecule has 18 heavy (non-hydrogen) atoms. The lowest BCUT2D eigenvalue weighted by Gasteiger charge is -2.16. The van der Waals surface area contributed by atoms with Gasteiger partial charge in [-0.25, -0.2) is 0 Å². The first-order valence-electron chi connectivity index (χ1n) is 6.00. The summed E-state index contributed by atoms with van der Waals surface area (Å²) in [5, 5.41) is 13.9. The molecule has 1 atom stereocenters. The van der Waals surface area contributed by atoms with Gasteiger partial charge in [0.15, 0.2) is 0 Å². The van der Waals surface area contributed by atoms with Crippen LogP contribution in [0.4, 0.5) is 5.95 Å². The fraction of sp³-hybridized carbons (Fsp3) is 0.385. The summed E-state index contributed by atoms with van der Waals surface area (Å²) in [7, 11) is 0. The smallest absolute Gasteiger partial charge is 0.266 e. The van der Waals surface area contributed by atoms with Gasteiger partial charge >= 0.3 is 0 Å². The first kappa shape index (κ1) is 11.2. The van der Waals surface area contributed by atoms with E-state index >= 15 is 0 Å². The summed E-state index contributed by atoms with van der Waals surface area (Å²) >= 11 is 0. The standard InChI is InChI=1S/C13H15N3O2/c1-13(17)7-8-16(9-13)12-14-11(18-15-12)10-5-3-2-4-6-10/h2-6,17H,7-9H2,1H3. The fourth-order valence-electron chi connectivity index (χ4n) is 2.16. The molecule has 1 N–H and O–H groups in total. The number of anilines is 1. The Bertz CT molecular complexity index is 536. The second-order valence-corrected chi connectivity index (χ2v) is 4.93. The Morgan fingerprint density at radius 3 is 2.78 bits per heavy atom. The maximum atomic E-state index is 9.92. The average Bonchev–Trinajstić information content (AvgIpc) is 2.96. The Morgan fingerprint density at radius 1 is 1.33 bits per heavy atom. The van der Waals surface area contributed by atoms with Crippen LogP contribution in [0.1, 0.15) is 13.3 Å². The first-order valence-corrected chi connectivity index (χ1v) is 6.00. The highest BCUT2D eigenvalue weighted by Crippen LogP contribution is 2.26. The molecule has 1 saturated heterocycles. The van der Waals surface area contributed by atoms with Crippen LogP contribution in [0, 0.1) is 0 Å². The van der Waals surface area contributed by atoms with Gasteiger partial charge in [0.2, 0.25) is 0 Å². The number of hydrogen-bond acceptors (Lipinski definition) is 5. The predicted octanol–water partition coefficient (Wildman–Crippen LogP) is 1.70. The fourth-order valence-corrected chi connectivity index (χ4v) is 2.16. The number of nitrogens with zero attached hydrogens (tertiary/aromatic N) is 3. The SMILES string of the molecule is CC1(O)CCN(c2noc(-c3ccccc3)n2)C1. The molecule has 1 fully saturated rings. The van der Waals surface area contributed by atoms with Gasteiger partial charge in [0.1, 0.15) is 0 Å². The van der Waals surface area contributed by atoms with Crippen molar-refractivity contribution in [1.29, 1.82) is 0 Å². The Morgan fingerprint density at radius 2 is 2.11 bits per heavy atom. The van der Waals surface area contributed by atoms with Crippen LogP contribution < -0.4 is 4.90 Å². The van der Waals surface area contributed by atoms with Crippen LogP contribution in [0.2, 0.25) is 0 Å². The molecular weight excluding hydrogens is 230 g/mol. The summed E-state index contributed by atoms with van der Waals surface area (Å²) in [4.78, 5) is 6.31. The van der Waals surface area contributed by atoms with Crippen LogP contribution in [-0.2, 0) is 0 Å². The van der Waals surface area contributed by atoms with Crippen molar-refractivity contribution in [2.24, 2.45) is 0 Å². The van der Waals surface area contributed by atoms with Crippen LogP contribution in [0.25, 0.3) is 11.5 Å². The summed E-state index contributed by atoms with van der Waals surface area (Å²) in [6.45, 7) is 3.12. The molecule has 2 heterocycles. The molecule has 1 aliphatic heterocycles. The summed E-state index contributed by atoms with van der Waals surface area (Å²) in [6.07, 6.45) is 0.724. The van der Waals surface area contributed by atoms with Gasteiger partial charge in [-0.3, -0.25) is 0 Å². The number of aliphatic hydroxyl groups is 1. The van der Waals surface area contributed by atoms with Crippen LogP contribution in [0.3, 0.4) is 0 Å². The zero-order valence-electron chi connectivity index (χ0n) is 10.2. The lowest BCUT2D eigenvalue weighted by atomic mass is 10.1. The Kier molecular flexibility index (Phi) is 2.56. The second-order valence-electron chi connectivity index (χ2n) is 4.93. The quantitative estimate of drug-likeness (QED) is 0.872. The summed E-state index contributed by atoms with van der Waals surface area (Å²) < 4.78 is 5.25. The van der Waals surface area contributed by atoms with Crippen LogP contribution >= 0.6 is 0 Å². The molecule has 1 unspecified atom stereocenters. The summed E-state index contributed by atoms with van der Waals surface area (Å²) in [5.74, 6) is 1.06. The van der Waals surface area contributed by atoms with E-state index in [2.05, 4.69) is 10.1 Å². The minimum Gasteiger partial charge on any atom is -0.388 e. The van der Waals surface area contributed by atoms with Gasteiger partial charge < -0.3 is 14.5 Å². The van der Waals surface area contributed by atoms with E-state index in [0.717, 1.165) is 18.5 Å². The van der Waals surface area contributed by atoms with E-state index in [-0.39, 0.29) is 0 Å². The molecule has 0 saturated carbocycles. The second kappa shape index (κ2) is 4.10. The van der Waals surface area contributed by atoms with Gasteiger partial charge in [-0.15, -0.1) is 0 Å². The molecule has 5 nitrogen and oxygen atoms in total. The van der Waals surface area contributed by atoms with E-state index in [4.69, 9.17) is 4.52 Å². The maximum Gasteiger partial charge on any atom is 0.266 e. The normalized spacial score (nSPS) is 23.6. The third-order valence-corrected chi connectivity index (χ3v) is 3.17. The Labute approximate surface area is 105 Å². The van der Waals surface area contributed by atoms with E-state index in [0.29, 0.717) is 18.4 Å². The zero-order valence-corrected chi connectivity index (χ0v) is 10.2. The molecule has 0 bridgehead atoms. The lowest BCUT2D eigenvalue weighted by Crippen LogP contribution is -2.30. The lowest BCUT2D eigenvalue weighted by molar-refractivity contribution is 0.0838. The number of β-amino-alcohol motifs (C(OH)–C–C–N with tert-alkyl or cyclic N) is 1.